The lowest BCUT2D eigenvalue weighted by Gasteiger charge is -2.12. The number of nitrogens with zero attached hydrogens (tertiary/aromatic N) is 3. The van der Waals surface area contributed by atoms with E-state index in [0.717, 1.165) is 0 Å². The number of hydrogen-bond donors (Lipinski definition) is 3. The Labute approximate surface area is 80.2 Å². The number of H-pyrrole nitrogens is 1. The molecule has 2 heterocycles. The van der Waals surface area contributed by atoms with Gasteiger partial charge in [-0.25, -0.2) is 15.0 Å². The van der Waals surface area contributed by atoms with Crippen LogP contribution in [0.5, 0.6) is 0 Å². The van der Waals surface area contributed by atoms with Gasteiger partial charge in [0.1, 0.15) is 23.3 Å². The first-order valence-electron chi connectivity index (χ1n) is 4.17. The highest BCUT2D eigenvalue weighted by Gasteiger charge is 2.21. The minimum Gasteiger partial charge on any atom is -0.383 e. The maximum atomic E-state index is 9.70. The summed E-state index contributed by atoms with van der Waals surface area (Å²) in [6.07, 6.45) is 1.34. The topological polar surface area (TPSA) is 101 Å². The van der Waals surface area contributed by atoms with Crippen molar-refractivity contribution in [3.8, 4) is 0 Å². The van der Waals surface area contributed by atoms with E-state index in [0.29, 0.717) is 22.8 Å². The van der Waals surface area contributed by atoms with E-state index < -0.39 is 5.60 Å². The molecule has 0 aliphatic carbocycles. The van der Waals surface area contributed by atoms with Crippen LogP contribution in [0, 0.1) is 0 Å². The van der Waals surface area contributed by atoms with Crippen LogP contribution in [0.2, 0.25) is 0 Å². The number of rotatable bonds is 1. The fourth-order valence-corrected chi connectivity index (χ4v) is 1.14. The number of nitrogen functional groups attached to an aromatic ring is 1. The lowest BCUT2D eigenvalue weighted by molar-refractivity contribution is 0.0700. The van der Waals surface area contributed by atoms with Crippen molar-refractivity contribution in [2.75, 3.05) is 5.73 Å². The van der Waals surface area contributed by atoms with Gasteiger partial charge in [-0.15, -0.1) is 0 Å². The third-order valence-electron chi connectivity index (χ3n) is 1.90. The minimum absolute atomic E-state index is 0.331. The van der Waals surface area contributed by atoms with Crippen LogP contribution in [-0.2, 0) is 5.60 Å². The fraction of sp³-hybridized carbons (Fsp3) is 0.375. The third kappa shape index (κ3) is 1.29. The second-order valence-electron chi connectivity index (χ2n) is 3.60. The van der Waals surface area contributed by atoms with E-state index in [-0.39, 0.29) is 0 Å². The summed E-state index contributed by atoms with van der Waals surface area (Å²) >= 11 is 0. The molecule has 0 spiro atoms. The molecule has 0 fully saturated rings. The smallest absolute Gasteiger partial charge is 0.183 e. The molecule has 2 rings (SSSR count). The summed E-state index contributed by atoms with van der Waals surface area (Å²) in [5.41, 5.74) is 5.60. The summed E-state index contributed by atoms with van der Waals surface area (Å²) in [7, 11) is 0. The summed E-state index contributed by atoms with van der Waals surface area (Å²) in [4.78, 5) is 14.7. The van der Waals surface area contributed by atoms with Gasteiger partial charge in [0.15, 0.2) is 11.5 Å². The van der Waals surface area contributed by atoms with E-state index in [1.165, 1.54) is 6.33 Å². The molecule has 14 heavy (non-hydrogen) atoms. The Balaban J connectivity index is 2.69. The van der Waals surface area contributed by atoms with Gasteiger partial charge in [0.25, 0.3) is 0 Å². The number of aliphatic hydroxyl groups is 1. The number of hydrogen-bond acceptors (Lipinski definition) is 5. The molecule has 0 aliphatic rings. The average molecular weight is 193 g/mol. The van der Waals surface area contributed by atoms with Gasteiger partial charge in [-0.05, 0) is 13.8 Å². The molecule has 0 amide bonds. The molecule has 0 aromatic carbocycles. The molecule has 4 N–H and O–H groups in total. The van der Waals surface area contributed by atoms with E-state index in [2.05, 4.69) is 19.9 Å². The van der Waals surface area contributed by atoms with Gasteiger partial charge in [0.05, 0.1) is 0 Å². The first-order chi connectivity index (χ1) is 6.48. The Morgan fingerprint density at radius 1 is 1.43 bits per heavy atom. The maximum Gasteiger partial charge on any atom is 0.183 e. The van der Waals surface area contributed by atoms with Gasteiger partial charge in [-0.1, -0.05) is 0 Å². The molecule has 0 saturated heterocycles. The normalized spacial score (nSPS) is 12.2. The largest absolute Gasteiger partial charge is 0.383 e. The molecule has 0 aliphatic heterocycles. The molecule has 2 aromatic rings. The highest BCUT2D eigenvalue weighted by Crippen LogP contribution is 2.20. The highest BCUT2D eigenvalue weighted by atomic mass is 16.3. The van der Waals surface area contributed by atoms with Crippen LogP contribution in [0.3, 0.4) is 0 Å². The van der Waals surface area contributed by atoms with Crippen molar-refractivity contribution >= 4 is 17.0 Å². The standard InChI is InChI=1S/C8H11N5O/c1-8(2,14)7-12-4-5(9)10-3-11-6(4)13-7/h3,14H,1-2H3,(H3,9,10,11,12,13). The van der Waals surface area contributed by atoms with Crippen LogP contribution in [0.25, 0.3) is 11.2 Å². The Bertz CT molecular complexity index is 470. The second kappa shape index (κ2) is 2.65. The molecule has 6 heteroatoms. The van der Waals surface area contributed by atoms with Crippen molar-refractivity contribution in [1.82, 2.24) is 19.9 Å². The van der Waals surface area contributed by atoms with Crippen molar-refractivity contribution in [3.05, 3.63) is 12.2 Å². The Morgan fingerprint density at radius 2 is 2.14 bits per heavy atom. The summed E-state index contributed by atoms with van der Waals surface area (Å²) < 4.78 is 0. The highest BCUT2D eigenvalue weighted by molar-refractivity contribution is 5.81. The summed E-state index contributed by atoms with van der Waals surface area (Å²) in [6.45, 7) is 3.27. The summed E-state index contributed by atoms with van der Waals surface area (Å²) in [5, 5.41) is 9.70. The summed E-state index contributed by atoms with van der Waals surface area (Å²) in [5.74, 6) is 0.762. The zero-order valence-electron chi connectivity index (χ0n) is 7.94. The van der Waals surface area contributed by atoms with Crippen LogP contribution in [-0.4, -0.2) is 25.0 Å². The van der Waals surface area contributed by atoms with Gasteiger partial charge in [-0.3, -0.25) is 0 Å². The Morgan fingerprint density at radius 3 is 2.71 bits per heavy atom. The number of anilines is 1. The van der Waals surface area contributed by atoms with Crippen LogP contribution >= 0.6 is 0 Å². The van der Waals surface area contributed by atoms with E-state index in [1.807, 2.05) is 0 Å². The van der Waals surface area contributed by atoms with Gasteiger partial charge < -0.3 is 15.8 Å². The molecule has 0 atom stereocenters. The summed E-state index contributed by atoms with van der Waals surface area (Å²) in [6, 6.07) is 0. The molecule has 0 bridgehead atoms. The number of nitrogens with two attached hydrogens (primary N) is 1. The molecular formula is C8H11N5O. The second-order valence-corrected chi connectivity index (χ2v) is 3.60. The van der Waals surface area contributed by atoms with Crippen molar-refractivity contribution in [2.24, 2.45) is 0 Å². The van der Waals surface area contributed by atoms with Gasteiger partial charge >= 0.3 is 0 Å². The number of fused-ring (bicyclic) bond motifs is 1. The zero-order valence-corrected chi connectivity index (χ0v) is 7.94. The average Bonchev–Trinajstić information content (AvgIpc) is 2.48. The monoisotopic (exact) mass is 193 g/mol. The maximum absolute atomic E-state index is 9.70. The number of aromatic nitrogens is 4. The van der Waals surface area contributed by atoms with Crippen LogP contribution in [0.1, 0.15) is 19.7 Å². The van der Waals surface area contributed by atoms with Crippen LogP contribution < -0.4 is 5.73 Å². The molecule has 6 nitrogen and oxygen atoms in total. The minimum atomic E-state index is -1.03. The van der Waals surface area contributed by atoms with Crippen molar-refractivity contribution in [2.45, 2.75) is 19.4 Å². The van der Waals surface area contributed by atoms with E-state index in [4.69, 9.17) is 5.73 Å². The van der Waals surface area contributed by atoms with Gasteiger partial charge in [-0.2, -0.15) is 0 Å². The van der Waals surface area contributed by atoms with E-state index in [1.54, 1.807) is 13.8 Å². The number of imidazole rings is 1. The van der Waals surface area contributed by atoms with Crippen molar-refractivity contribution in [1.29, 1.82) is 0 Å². The lowest BCUT2D eigenvalue weighted by Crippen LogP contribution is -2.17. The first-order valence-corrected chi connectivity index (χ1v) is 4.17. The number of nitrogens with one attached hydrogen (secondary N) is 1. The SMILES string of the molecule is CC(C)(O)c1nc2ncnc(N)c2[nH]1. The Kier molecular flexibility index (Phi) is 1.68. The van der Waals surface area contributed by atoms with Gasteiger partial charge in [0, 0.05) is 0 Å². The third-order valence-corrected chi connectivity index (χ3v) is 1.90. The van der Waals surface area contributed by atoms with E-state index in [9.17, 15) is 5.11 Å². The lowest BCUT2D eigenvalue weighted by atomic mass is 10.1. The fourth-order valence-electron chi connectivity index (χ4n) is 1.14. The van der Waals surface area contributed by atoms with Crippen molar-refractivity contribution < 1.29 is 5.11 Å². The molecule has 0 saturated carbocycles. The van der Waals surface area contributed by atoms with Gasteiger partial charge in [0.2, 0.25) is 0 Å². The van der Waals surface area contributed by atoms with Crippen molar-refractivity contribution in [3.63, 3.8) is 0 Å². The predicted molar refractivity (Wildman–Crippen MR) is 51.3 cm³/mol. The number of aromatic amines is 1. The van der Waals surface area contributed by atoms with E-state index >= 15 is 0 Å². The Hall–Kier alpha value is -1.69. The predicted octanol–water partition coefficient (Wildman–Crippen LogP) is 0.163. The molecule has 2 aromatic heterocycles. The first kappa shape index (κ1) is 8.89. The quantitative estimate of drug-likeness (QED) is 0.599. The molecular weight excluding hydrogens is 182 g/mol. The molecule has 74 valence electrons. The zero-order chi connectivity index (χ0) is 10.3. The molecule has 0 unspecified atom stereocenters. The van der Waals surface area contributed by atoms with Crippen LogP contribution in [0.15, 0.2) is 6.33 Å². The molecule has 0 radical (unpaired) electrons. The van der Waals surface area contributed by atoms with Crippen LogP contribution in [0.4, 0.5) is 5.82 Å².